The third-order valence-corrected chi connectivity index (χ3v) is 5.06. The molecule has 1 fully saturated rings. The van der Waals surface area contributed by atoms with Crippen molar-refractivity contribution < 1.29 is 9.18 Å². The summed E-state index contributed by atoms with van der Waals surface area (Å²) in [6, 6.07) is 14.6. The highest BCUT2D eigenvalue weighted by Crippen LogP contribution is 2.18. The van der Waals surface area contributed by atoms with Crippen molar-refractivity contribution in [2.45, 2.75) is 4.90 Å². The number of anilines is 1. The van der Waals surface area contributed by atoms with Crippen LogP contribution in [-0.4, -0.2) is 43.2 Å². The maximum absolute atomic E-state index is 13.0. The first-order valence-electron chi connectivity index (χ1n) is 8.27. The smallest absolute Gasteiger partial charge is 0.246 e. The normalized spacial score (nSPS) is 15.0. The van der Waals surface area contributed by atoms with E-state index < -0.39 is 0 Å². The van der Waals surface area contributed by atoms with Crippen molar-refractivity contribution in [3.63, 3.8) is 0 Å². The van der Waals surface area contributed by atoms with Gasteiger partial charge in [-0.15, -0.1) is 11.8 Å². The summed E-state index contributed by atoms with van der Waals surface area (Å²) in [6.45, 7) is 2.86. The van der Waals surface area contributed by atoms with Crippen molar-refractivity contribution in [1.29, 1.82) is 0 Å². The summed E-state index contributed by atoms with van der Waals surface area (Å²) >= 11 is 1.70. The Hall–Kier alpha value is -2.27. The van der Waals surface area contributed by atoms with Crippen LogP contribution in [-0.2, 0) is 4.79 Å². The first-order valence-corrected chi connectivity index (χ1v) is 9.50. The molecule has 1 amide bonds. The molecule has 0 N–H and O–H groups in total. The fraction of sp³-hybridized carbons (Fsp3) is 0.250. The third-order valence-electron chi connectivity index (χ3n) is 4.32. The van der Waals surface area contributed by atoms with E-state index in [1.165, 1.54) is 17.0 Å². The molecule has 1 saturated heterocycles. The van der Waals surface area contributed by atoms with E-state index in [1.807, 2.05) is 29.4 Å². The van der Waals surface area contributed by atoms with Crippen LogP contribution in [0.1, 0.15) is 5.56 Å². The number of rotatable bonds is 4. The molecule has 130 valence electrons. The quantitative estimate of drug-likeness (QED) is 0.613. The largest absolute Gasteiger partial charge is 0.368 e. The van der Waals surface area contributed by atoms with E-state index in [0.717, 1.165) is 24.3 Å². The van der Waals surface area contributed by atoms with Crippen LogP contribution in [0.25, 0.3) is 6.08 Å². The molecule has 0 atom stereocenters. The van der Waals surface area contributed by atoms with E-state index >= 15 is 0 Å². The second-order valence-electron chi connectivity index (χ2n) is 5.90. The molecule has 1 aliphatic heterocycles. The van der Waals surface area contributed by atoms with Gasteiger partial charge in [0.15, 0.2) is 0 Å². The van der Waals surface area contributed by atoms with E-state index in [0.29, 0.717) is 13.1 Å². The number of amides is 1. The Balaban J connectivity index is 1.54. The molecule has 1 heterocycles. The van der Waals surface area contributed by atoms with Crippen LogP contribution in [0.4, 0.5) is 10.1 Å². The van der Waals surface area contributed by atoms with Gasteiger partial charge in [0.2, 0.25) is 5.91 Å². The average Bonchev–Trinajstić information content (AvgIpc) is 2.67. The second-order valence-corrected chi connectivity index (χ2v) is 6.77. The third kappa shape index (κ3) is 4.63. The van der Waals surface area contributed by atoms with Gasteiger partial charge < -0.3 is 9.80 Å². The lowest BCUT2D eigenvalue weighted by molar-refractivity contribution is -0.126. The van der Waals surface area contributed by atoms with Crippen LogP contribution in [0.15, 0.2) is 59.5 Å². The predicted octanol–water partition coefficient (Wildman–Crippen LogP) is 3.91. The van der Waals surface area contributed by atoms with Crippen molar-refractivity contribution in [3.05, 3.63) is 66.0 Å². The Kier molecular flexibility index (Phi) is 5.76. The van der Waals surface area contributed by atoms with Crippen LogP contribution in [0.3, 0.4) is 0 Å². The Labute approximate surface area is 152 Å². The van der Waals surface area contributed by atoms with E-state index in [4.69, 9.17) is 0 Å². The Morgan fingerprint density at radius 3 is 2.24 bits per heavy atom. The molecule has 0 aromatic heterocycles. The summed E-state index contributed by atoms with van der Waals surface area (Å²) in [5.74, 6) is -0.194. The molecule has 0 radical (unpaired) electrons. The highest BCUT2D eigenvalue weighted by molar-refractivity contribution is 7.98. The van der Waals surface area contributed by atoms with E-state index in [2.05, 4.69) is 17.0 Å². The number of carbonyl (C=O) groups excluding carboxylic acids is 1. The van der Waals surface area contributed by atoms with E-state index in [1.54, 1.807) is 30.0 Å². The number of thioether (sulfide) groups is 1. The van der Waals surface area contributed by atoms with Crippen molar-refractivity contribution in [1.82, 2.24) is 4.90 Å². The number of carbonyl (C=O) groups is 1. The maximum Gasteiger partial charge on any atom is 0.246 e. The fourth-order valence-corrected chi connectivity index (χ4v) is 3.23. The van der Waals surface area contributed by atoms with Crippen molar-refractivity contribution in [3.8, 4) is 0 Å². The van der Waals surface area contributed by atoms with Crippen LogP contribution >= 0.6 is 11.8 Å². The van der Waals surface area contributed by atoms with Crippen LogP contribution < -0.4 is 4.90 Å². The molecule has 2 aromatic carbocycles. The van der Waals surface area contributed by atoms with Crippen LogP contribution in [0, 0.1) is 5.82 Å². The zero-order chi connectivity index (χ0) is 17.6. The minimum atomic E-state index is -0.228. The van der Waals surface area contributed by atoms with E-state index in [-0.39, 0.29) is 11.7 Å². The van der Waals surface area contributed by atoms with E-state index in [9.17, 15) is 9.18 Å². The van der Waals surface area contributed by atoms with Gasteiger partial charge in [-0.1, -0.05) is 12.1 Å². The first kappa shape index (κ1) is 17.5. The standard InChI is InChI=1S/C20H21FN2OS/c1-25-19-9-2-16(3-10-19)4-11-20(24)23-14-12-22(13-15-23)18-7-5-17(21)6-8-18/h2-11H,12-15H2,1H3/b11-4+. The van der Waals surface area contributed by atoms with Gasteiger partial charge in [0.05, 0.1) is 0 Å². The molecule has 1 aliphatic rings. The van der Waals surface area contributed by atoms with Gasteiger partial charge in [0.25, 0.3) is 0 Å². The van der Waals surface area contributed by atoms with Gasteiger partial charge >= 0.3 is 0 Å². The summed E-state index contributed by atoms with van der Waals surface area (Å²) in [7, 11) is 0. The monoisotopic (exact) mass is 356 g/mol. The molecular formula is C20H21FN2OS. The maximum atomic E-state index is 13.0. The minimum Gasteiger partial charge on any atom is -0.368 e. The zero-order valence-electron chi connectivity index (χ0n) is 14.2. The molecule has 3 rings (SSSR count). The Morgan fingerprint density at radius 2 is 1.64 bits per heavy atom. The lowest BCUT2D eigenvalue weighted by Crippen LogP contribution is -2.48. The van der Waals surface area contributed by atoms with Crippen molar-refractivity contribution in [2.75, 3.05) is 37.3 Å². The lowest BCUT2D eigenvalue weighted by atomic mass is 10.2. The highest BCUT2D eigenvalue weighted by Gasteiger charge is 2.19. The number of hydrogen-bond acceptors (Lipinski definition) is 3. The molecule has 0 spiro atoms. The SMILES string of the molecule is CSc1ccc(/C=C/C(=O)N2CCN(c3ccc(F)cc3)CC2)cc1. The molecule has 2 aromatic rings. The van der Waals surface area contributed by atoms with Crippen molar-refractivity contribution >= 4 is 29.4 Å². The summed E-state index contributed by atoms with van der Waals surface area (Å²) in [5.41, 5.74) is 2.02. The molecule has 0 unspecified atom stereocenters. The summed E-state index contributed by atoms with van der Waals surface area (Å²) in [6.07, 6.45) is 5.54. The topological polar surface area (TPSA) is 23.6 Å². The molecule has 0 bridgehead atoms. The van der Waals surface area contributed by atoms with Gasteiger partial charge in [0.1, 0.15) is 5.82 Å². The average molecular weight is 356 g/mol. The zero-order valence-corrected chi connectivity index (χ0v) is 15.0. The summed E-state index contributed by atoms with van der Waals surface area (Å²) in [5, 5.41) is 0. The molecule has 25 heavy (non-hydrogen) atoms. The molecular weight excluding hydrogens is 335 g/mol. The summed E-state index contributed by atoms with van der Waals surface area (Å²) in [4.78, 5) is 17.6. The van der Waals surface area contributed by atoms with Crippen LogP contribution in [0.5, 0.6) is 0 Å². The van der Waals surface area contributed by atoms with Crippen LogP contribution in [0.2, 0.25) is 0 Å². The van der Waals surface area contributed by atoms with Gasteiger partial charge in [-0.3, -0.25) is 4.79 Å². The Morgan fingerprint density at radius 1 is 1.00 bits per heavy atom. The number of benzene rings is 2. The van der Waals surface area contributed by atoms with Crippen molar-refractivity contribution in [2.24, 2.45) is 0 Å². The molecule has 5 heteroatoms. The molecule has 3 nitrogen and oxygen atoms in total. The predicted molar refractivity (Wildman–Crippen MR) is 102 cm³/mol. The second kappa shape index (κ2) is 8.21. The molecule has 0 saturated carbocycles. The van der Waals surface area contributed by atoms with Gasteiger partial charge in [-0.2, -0.15) is 0 Å². The number of hydrogen-bond donors (Lipinski definition) is 0. The molecule has 0 aliphatic carbocycles. The lowest BCUT2D eigenvalue weighted by Gasteiger charge is -2.35. The number of nitrogens with zero attached hydrogens (tertiary/aromatic N) is 2. The Bertz CT molecular complexity index is 735. The number of halogens is 1. The highest BCUT2D eigenvalue weighted by atomic mass is 32.2. The van der Waals surface area contributed by atoms with Gasteiger partial charge in [0, 0.05) is 42.8 Å². The number of piperazine rings is 1. The van der Waals surface area contributed by atoms with Gasteiger partial charge in [-0.05, 0) is 54.3 Å². The first-order chi connectivity index (χ1) is 12.2. The fourth-order valence-electron chi connectivity index (χ4n) is 2.82. The minimum absolute atomic E-state index is 0.0349. The summed E-state index contributed by atoms with van der Waals surface area (Å²) < 4.78 is 13.0. The van der Waals surface area contributed by atoms with Gasteiger partial charge in [-0.25, -0.2) is 4.39 Å².